The monoisotopic (exact) mass is 612 g/mol. The lowest BCUT2D eigenvalue weighted by atomic mass is 10.1. The van der Waals surface area contributed by atoms with Crippen molar-refractivity contribution in [1.29, 1.82) is 0 Å². The summed E-state index contributed by atoms with van der Waals surface area (Å²) in [7, 11) is 1.90. The molecule has 1 aliphatic rings. The van der Waals surface area contributed by atoms with Crippen LogP contribution in [0.15, 0.2) is 79.0 Å². The van der Waals surface area contributed by atoms with Crippen LogP contribution in [-0.4, -0.2) is 46.6 Å². The Labute approximate surface area is 251 Å². The normalized spacial score (nSPS) is 15.8. The molecule has 4 aromatic rings. The maximum absolute atomic E-state index is 12.3. The second-order valence-electron chi connectivity index (χ2n) is 10.8. The van der Waals surface area contributed by atoms with E-state index in [1.807, 2.05) is 67.4 Å². The highest BCUT2D eigenvalue weighted by Crippen LogP contribution is 2.31. The number of nitro groups is 1. The van der Waals surface area contributed by atoms with Gasteiger partial charge in [-0.3, -0.25) is 4.57 Å². The Kier molecular flexibility index (Phi) is 8.83. The lowest BCUT2D eigenvalue weighted by molar-refractivity contribution is -0.389. The number of ether oxygens (including phenoxy) is 4. The summed E-state index contributed by atoms with van der Waals surface area (Å²) in [4.78, 5) is 16.2. The van der Waals surface area contributed by atoms with E-state index in [0.29, 0.717) is 18.9 Å². The van der Waals surface area contributed by atoms with E-state index in [2.05, 4.69) is 9.72 Å². The predicted molar refractivity (Wildman–Crippen MR) is 155 cm³/mol. The number of aryl methyl sites for hydroxylation is 1. The van der Waals surface area contributed by atoms with E-state index in [0.717, 1.165) is 42.0 Å². The van der Waals surface area contributed by atoms with Crippen LogP contribution in [0.1, 0.15) is 24.5 Å². The number of aromatic nitrogens is 2. The number of halogens is 3. The van der Waals surface area contributed by atoms with Crippen molar-refractivity contribution in [1.82, 2.24) is 9.55 Å². The van der Waals surface area contributed by atoms with Gasteiger partial charge in [-0.05, 0) is 84.3 Å². The van der Waals surface area contributed by atoms with Crippen molar-refractivity contribution >= 4 is 11.5 Å². The van der Waals surface area contributed by atoms with E-state index < -0.39 is 16.9 Å². The largest absolute Gasteiger partial charge is 0.573 e. The molecule has 0 aliphatic carbocycles. The summed E-state index contributed by atoms with van der Waals surface area (Å²) in [6, 6.07) is 21.5. The third-order valence-corrected chi connectivity index (χ3v) is 7.02. The molecule has 10 nitrogen and oxygen atoms in total. The number of alkyl halides is 3. The summed E-state index contributed by atoms with van der Waals surface area (Å²) in [5, 5.41) is 10.9. The fraction of sp³-hybridized carbons (Fsp3) is 0.323. The summed E-state index contributed by atoms with van der Waals surface area (Å²) in [5.41, 5.74) is 2.25. The van der Waals surface area contributed by atoms with Crippen LogP contribution in [0.2, 0.25) is 0 Å². The minimum absolute atomic E-state index is 0.210. The molecule has 1 atom stereocenters. The third-order valence-electron chi connectivity index (χ3n) is 7.02. The molecule has 0 saturated carbocycles. The van der Waals surface area contributed by atoms with Crippen molar-refractivity contribution in [3.63, 3.8) is 0 Å². The van der Waals surface area contributed by atoms with Crippen LogP contribution in [0, 0.1) is 10.1 Å². The molecule has 5 rings (SSSR count). The van der Waals surface area contributed by atoms with Gasteiger partial charge in [0, 0.05) is 24.3 Å². The average molecular weight is 613 g/mol. The summed E-state index contributed by atoms with van der Waals surface area (Å²) < 4.78 is 60.2. The van der Waals surface area contributed by atoms with Crippen LogP contribution in [0.4, 0.5) is 24.7 Å². The smallest absolute Gasteiger partial charge is 0.489 e. The van der Waals surface area contributed by atoms with Gasteiger partial charge in [-0.1, -0.05) is 24.3 Å². The maximum Gasteiger partial charge on any atom is 0.573 e. The van der Waals surface area contributed by atoms with Crippen LogP contribution < -0.4 is 23.8 Å². The number of imidazole rings is 1. The molecule has 0 radical (unpaired) electrons. The van der Waals surface area contributed by atoms with Crippen molar-refractivity contribution in [3.05, 3.63) is 100 Å². The van der Waals surface area contributed by atoms with Crippen molar-refractivity contribution in [3.8, 4) is 23.3 Å². The lowest BCUT2D eigenvalue weighted by Crippen LogP contribution is -2.38. The van der Waals surface area contributed by atoms with E-state index in [-0.39, 0.29) is 24.2 Å². The quantitative estimate of drug-likeness (QED) is 0.124. The van der Waals surface area contributed by atoms with Gasteiger partial charge in [-0.2, -0.15) is 0 Å². The number of hydrogen-bond acceptors (Lipinski definition) is 8. The highest BCUT2D eigenvalue weighted by Gasteiger charge is 2.41. The van der Waals surface area contributed by atoms with Crippen molar-refractivity contribution in [2.24, 2.45) is 0 Å². The number of hydrogen-bond donors (Lipinski definition) is 0. The van der Waals surface area contributed by atoms with Gasteiger partial charge in [0.2, 0.25) is 0 Å². The standard InChI is InChI=1S/C31H31F3N4O6/c1-30(20-37-18-28(38(39)40)35-29(37)44-30)21-42-26-13-7-23(8-14-26)19-41-25-11-5-22(6-12-25)4-3-17-36(2)24-9-15-27(16-10-24)43-31(32,33)34/h5-16,18H,3-4,17,19-21H2,1-2H3/t30-/m1/s1. The topological polar surface area (TPSA) is 101 Å². The second kappa shape index (κ2) is 12.7. The highest BCUT2D eigenvalue weighted by atomic mass is 19.4. The molecule has 0 spiro atoms. The fourth-order valence-corrected chi connectivity index (χ4v) is 4.75. The number of benzene rings is 3. The van der Waals surface area contributed by atoms with E-state index in [9.17, 15) is 23.3 Å². The Morgan fingerprint density at radius 2 is 1.59 bits per heavy atom. The minimum atomic E-state index is -4.70. The average Bonchev–Trinajstić information content (AvgIpc) is 3.51. The van der Waals surface area contributed by atoms with Crippen LogP contribution in [-0.2, 0) is 19.6 Å². The zero-order valence-corrected chi connectivity index (χ0v) is 24.1. The SMILES string of the molecule is CN(CCCc1ccc(OCc2ccc(OC[C@@]3(C)Cn4cc([N+](=O)[O-])nc4O3)cc2)cc1)c1ccc(OC(F)(F)F)cc1. The molecule has 0 N–H and O–H groups in total. The van der Waals surface area contributed by atoms with E-state index >= 15 is 0 Å². The molecule has 44 heavy (non-hydrogen) atoms. The molecule has 0 unspecified atom stereocenters. The number of anilines is 1. The molecular formula is C31H31F3N4O6. The molecule has 3 aromatic carbocycles. The first-order valence-electron chi connectivity index (χ1n) is 13.9. The predicted octanol–water partition coefficient (Wildman–Crippen LogP) is 6.57. The summed E-state index contributed by atoms with van der Waals surface area (Å²) in [6.45, 7) is 3.63. The van der Waals surface area contributed by atoms with Gasteiger partial charge in [0.05, 0.1) is 6.54 Å². The van der Waals surface area contributed by atoms with E-state index in [1.165, 1.54) is 18.3 Å². The van der Waals surface area contributed by atoms with Gasteiger partial charge >= 0.3 is 18.2 Å². The Morgan fingerprint density at radius 3 is 2.20 bits per heavy atom. The molecule has 1 aromatic heterocycles. The molecule has 0 bridgehead atoms. The minimum Gasteiger partial charge on any atom is -0.489 e. The summed E-state index contributed by atoms with van der Waals surface area (Å²) in [6.07, 6.45) is -1.64. The van der Waals surface area contributed by atoms with Crippen LogP contribution in [0.5, 0.6) is 23.3 Å². The van der Waals surface area contributed by atoms with Gasteiger partial charge in [-0.15, -0.1) is 13.2 Å². The first kappa shape index (κ1) is 30.5. The third kappa shape index (κ3) is 8.12. The maximum atomic E-state index is 12.3. The summed E-state index contributed by atoms with van der Waals surface area (Å²) in [5.74, 6) is 0.927. The Hall–Kier alpha value is -4.94. The van der Waals surface area contributed by atoms with Crippen molar-refractivity contribution in [2.45, 2.75) is 44.9 Å². The first-order valence-corrected chi connectivity index (χ1v) is 13.9. The van der Waals surface area contributed by atoms with E-state index in [4.69, 9.17) is 14.2 Å². The van der Waals surface area contributed by atoms with Gasteiger partial charge in [0.15, 0.2) is 5.60 Å². The molecule has 1 aliphatic heterocycles. The molecule has 0 amide bonds. The Bertz CT molecular complexity index is 1530. The second-order valence-corrected chi connectivity index (χ2v) is 10.8. The zero-order valence-electron chi connectivity index (χ0n) is 24.1. The molecule has 2 heterocycles. The van der Waals surface area contributed by atoms with Gasteiger partial charge in [0.25, 0.3) is 0 Å². The molecule has 13 heteroatoms. The molecule has 0 saturated heterocycles. The van der Waals surface area contributed by atoms with Crippen LogP contribution >= 0.6 is 0 Å². The molecule has 232 valence electrons. The Morgan fingerprint density at radius 1 is 0.977 bits per heavy atom. The lowest BCUT2D eigenvalue weighted by Gasteiger charge is -2.22. The first-order chi connectivity index (χ1) is 20.9. The van der Waals surface area contributed by atoms with Gasteiger partial charge < -0.3 is 34.0 Å². The van der Waals surface area contributed by atoms with Gasteiger partial charge in [-0.25, -0.2) is 0 Å². The number of fused-ring (bicyclic) bond motifs is 1. The number of rotatable bonds is 13. The molecule has 0 fully saturated rings. The number of nitrogens with zero attached hydrogens (tertiary/aromatic N) is 4. The van der Waals surface area contributed by atoms with Crippen molar-refractivity contribution in [2.75, 3.05) is 25.1 Å². The zero-order chi connectivity index (χ0) is 31.3. The van der Waals surface area contributed by atoms with Crippen LogP contribution in [0.25, 0.3) is 0 Å². The highest BCUT2D eigenvalue weighted by molar-refractivity contribution is 5.48. The van der Waals surface area contributed by atoms with Crippen LogP contribution in [0.3, 0.4) is 0 Å². The van der Waals surface area contributed by atoms with E-state index in [1.54, 1.807) is 16.7 Å². The summed E-state index contributed by atoms with van der Waals surface area (Å²) >= 11 is 0. The van der Waals surface area contributed by atoms with Crippen molar-refractivity contribution < 1.29 is 37.0 Å². The molecular weight excluding hydrogens is 581 g/mol. The Balaban J connectivity index is 1.01. The van der Waals surface area contributed by atoms with Gasteiger partial charge in [0.1, 0.15) is 36.7 Å². The fourth-order valence-electron chi connectivity index (χ4n) is 4.75.